The van der Waals surface area contributed by atoms with Crippen LogP contribution >= 0.6 is 0 Å². The van der Waals surface area contributed by atoms with Crippen molar-refractivity contribution in [3.05, 3.63) is 83.7 Å². The molecule has 37 heavy (non-hydrogen) atoms. The van der Waals surface area contributed by atoms with E-state index in [-0.39, 0.29) is 17.9 Å². The van der Waals surface area contributed by atoms with Gasteiger partial charge in [-0.25, -0.2) is 13.6 Å². The molecule has 4 N–H and O–H groups in total. The molecule has 0 aliphatic heterocycles. The summed E-state index contributed by atoms with van der Waals surface area (Å²) in [5.74, 6) is -2.43. The number of nitrogens with zero attached hydrogens (tertiary/aromatic N) is 3. The Morgan fingerprint density at radius 2 is 1.70 bits per heavy atom. The smallest absolute Gasteiger partial charge is 0.322 e. The van der Waals surface area contributed by atoms with Crippen LogP contribution in [0.15, 0.2) is 60.8 Å². The lowest BCUT2D eigenvalue weighted by molar-refractivity contribution is 0.102. The lowest BCUT2D eigenvalue weighted by Gasteiger charge is -2.25. The number of hydrogen-bond donors (Lipinski definition) is 3. The molecule has 0 atom stereocenters. The van der Waals surface area contributed by atoms with Crippen LogP contribution in [0.5, 0.6) is 0 Å². The Bertz CT molecular complexity index is 1200. The van der Waals surface area contributed by atoms with Gasteiger partial charge in [-0.1, -0.05) is 32.0 Å². The molecule has 196 valence electrons. The lowest BCUT2D eigenvalue weighted by Crippen LogP contribution is -2.37. The zero-order valence-corrected chi connectivity index (χ0v) is 21.0. The number of carbonyl (C=O) groups is 2. The molecule has 0 aliphatic carbocycles. The quantitative estimate of drug-likeness (QED) is 0.317. The summed E-state index contributed by atoms with van der Waals surface area (Å²) in [7, 11) is 0. The van der Waals surface area contributed by atoms with E-state index < -0.39 is 23.6 Å². The van der Waals surface area contributed by atoms with Gasteiger partial charge >= 0.3 is 6.03 Å². The van der Waals surface area contributed by atoms with E-state index in [1.54, 1.807) is 41.3 Å². The Morgan fingerprint density at radius 1 is 0.946 bits per heavy atom. The third-order valence-electron chi connectivity index (χ3n) is 5.89. The molecular weight excluding hydrogens is 478 g/mol. The Balaban J connectivity index is 1.69. The maximum atomic E-state index is 13.6. The Labute approximate surface area is 215 Å². The van der Waals surface area contributed by atoms with Gasteiger partial charge in [-0.3, -0.25) is 9.78 Å². The third-order valence-corrected chi connectivity index (χ3v) is 5.89. The number of carbonyl (C=O) groups excluding carboxylic acids is 2. The molecule has 10 heteroatoms. The molecule has 0 fully saturated rings. The summed E-state index contributed by atoms with van der Waals surface area (Å²) in [6, 6.07) is 13.0. The molecule has 0 saturated heterocycles. The topological polar surface area (TPSA) is 104 Å². The van der Waals surface area contributed by atoms with Crippen LogP contribution in [-0.4, -0.2) is 52.9 Å². The van der Waals surface area contributed by atoms with E-state index in [9.17, 15) is 18.4 Å². The molecule has 3 aromatic rings. The molecule has 2 aromatic carbocycles. The number of nitrogen functional groups attached to an aromatic ring is 1. The number of rotatable bonds is 11. The number of hydrogen-bond acceptors (Lipinski definition) is 5. The average molecular weight is 511 g/mol. The predicted molar refractivity (Wildman–Crippen MR) is 141 cm³/mol. The summed E-state index contributed by atoms with van der Waals surface area (Å²) in [5.41, 5.74) is 7.88. The van der Waals surface area contributed by atoms with E-state index in [0.29, 0.717) is 23.5 Å². The van der Waals surface area contributed by atoms with E-state index in [1.165, 1.54) is 12.3 Å². The number of nitrogens with one attached hydrogen (secondary N) is 2. The minimum Gasteiger partial charge on any atom is -0.397 e. The van der Waals surface area contributed by atoms with E-state index in [2.05, 4.69) is 34.4 Å². The Hall–Kier alpha value is -4.05. The zero-order valence-electron chi connectivity index (χ0n) is 21.0. The molecule has 8 nitrogen and oxygen atoms in total. The highest BCUT2D eigenvalue weighted by Gasteiger charge is 2.17. The fourth-order valence-corrected chi connectivity index (χ4v) is 3.72. The molecule has 1 aromatic heterocycles. The number of anilines is 3. The number of benzene rings is 2. The van der Waals surface area contributed by atoms with Gasteiger partial charge in [0.1, 0.15) is 5.69 Å². The molecule has 0 spiro atoms. The first-order chi connectivity index (χ1) is 17.8. The van der Waals surface area contributed by atoms with Crippen molar-refractivity contribution in [1.29, 1.82) is 0 Å². The number of pyridine rings is 1. The van der Waals surface area contributed by atoms with Gasteiger partial charge in [0.15, 0.2) is 11.6 Å². The average Bonchev–Trinajstić information content (AvgIpc) is 2.89. The lowest BCUT2D eigenvalue weighted by atomic mass is 10.2. The molecule has 3 amide bonds. The fraction of sp³-hybridized carbons (Fsp3) is 0.296. The standard InChI is InChI=1S/C27H32F2N6O2/c1-3-34(4-2)14-7-15-35(27(37)32-20-11-12-21(28)22(29)16-20)18-19-10-13-25(31-17-19)26(36)33-24-9-6-5-8-23(24)30/h5-6,8-13,16-17H,3-4,7,14-15,18,30H2,1-2H3,(H,32,37)(H,33,36). The van der Waals surface area contributed by atoms with Crippen LogP contribution in [0.2, 0.25) is 0 Å². The Morgan fingerprint density at radius 3 is 2.35 bits per heavy atom. The number of halogens is 2. The minimum absolute atomic E-state index is 0.156. The van der Waals surface area contributed by atoms with Crippen LogP contribution < -0.4 is 16.4 Å². The molecule has 1 heterocycles. The van der Waals surface area contributed by atoms with Crippen molar-refractivity contribution < 1.29 is 18.4 Å². The number of aromatic nitrogens is 1. The van der Waals surface area contributed by atoms with Gasteiger partial charge in [0.25, 0.3) is 5.91 Å². The van der Waals surface area contributed by atoms with E-state index in [1.807, 2.05) is 0 Å². The first kappa shape index (κ1) is 27.5. The van der Waals surface area contributed by atoms with Crippen molar-refractivity contribution in [2.45, 2.75) is 26.8 Å². The predicted octanol–water partition coefficient (Wildman–Crippen LogP) is 4.96. The van der Waals surface area contributed by atoms with Crippen LogP contribution in [0.4, 0.5) is 30.6 Å². The fourth-order valence-electron chi connectivity index (χ4n) is 3.72. The van der Waals surface area contributed by atoms with Crippen molar-refractivity contribution in [2.75, 3.05) is 42.5 Å². The van der Waals surface area contributed by atoms with Crippen LogP contribution in [-0.2, 0) is 6.54 Å². The van der Waals surface area contributed by atoms with E-state index in [0.717, 1.165) is 38.2 Å². The van der Waals surface area contributed by atoms with E-state index >= 15 is 0 Å². The molecule has 0 saturated carbocycles. The van der Waals surface area contributed by atoms with Crippen LogP contribution in [0.3, 0.4) is 0 Å². The van der Waals surface area contributed by atoms with Crippen molar-refractivity contribution in [1.82, 2.24) is 14.8 Å². The second-order valence-corrected chi connectivity index (χ2v) is 8.45. The largest absolute Gasteiger partial charge is 0.397 e. The molecule has 3 rings (SSSR count). The summed E-state index contributed by atoms with van der Waals surface area (Å²) < 4.78 is 26.9. The van der Waals surface area contributed by atoms with Gasteiger partial charge in [-0.15, -0.1) is 0 Å². The highest BCUT2D eigenvalue weighted by molar-refractivity contribution is 6.04. The third kappa shape index (κ3) is 7.97. The van der Waals surface area contributed by atoms with Crippen molar-refractivity contribution in [3.63, 3.8) is 0 Å². The highest BCUT2D eigenvalue weighted by Crippen LogP contribution is 2.18. The summed E-state index contributed by atoms with van der Waals surface area (Å²) in [5, 5.41) is 5.36. The maximum absolute atomic E-state index is 13.6. The van der Waals surface area contributed by atoms with Crippen LogP contribution in [0, 0.1) is 11.6 Å². The minimum atomic E-state index is -1.04. The number of nitrogens with two attached hydrogens (primary N) is 1. The Kier molecular flexibility index (Phi) is 9.91. The van der Waals surface area contributed by atoms with Gasteiger partial charge in [-0.05, 0) is 62.0 Å². The summed E-state index contributed by atoms with van der Waals surface area (Å²) in [6.45, 7) is 7.41. The van der Waals surface area contributed by atoms with Crippen molar-refractivity contribution in [2.24, 2.45) is 0 Å². The molecule has 0 aliphatic rings. The second-order valence-electron chi connectivity index (χ2n) is 8.45. The van der Waals surface area contributed by atoms with Crippen molar-refractivity contribution in [3.8, 4) is 0 Å². The number of amides is 3. The summed E-state index contributed by atoms with van der Waals surface area (Å²) in [4.78, 5) is 33.7. The van der Waals surface area contributed by atoms with E-state index in [4.69, 9.17) is 5.73 Å². The first-order valence-corrected chi connectivity index (χ1v) is 12.1. The summed E-state index contributed by atoms with van der Waals surface area (Å²) in [6.07, 6.45) is 2.25. The van der Waals surface area contributed by atoms with Gasteiger partial charge < -0.3 is 26.2 Å². The number of urea groups is 1. The second kappa shape index (κ2) is 13.3. The maximum Gasteiger partial charge on any atom is 0.322 e. The van der Waals surface area contributed by atoms with Gasteiger partial charge in [0.05, 0.1) is 11.4 Å². The van der Waals surface area contributed by atoms with Crippen LogP contribution in [0.25, 0.3) is 0 Å². The zero-order chi connectivity index (χ0) is 26.8. The number of para-hydroxylation sites is 2. The van der Waals surface area contributed by atoms with Crippen molar-refractivity contribution >= 4 is 29.0 Å². The van der Waals surface area contributed by atoms with Crippen LogP contribution in [0.1, 0.15) is 36.3 Å². The van der Waals surface area contributed by atoms with Gasteiger partial charge in [-0.2, -0.15) is 0 Å². The van der Waals surface area contributed by atoms with Gasteiger partial charge in [0.2, 0.25) is 0 Å². The molecule has 0 bridgehead atoms. The molecule has 0 unspecified atom stereocenters. The molecule has 0 radical (unpaired) electrons. The summed E-state index contributed by atoms with van der Waals surface area (Å²) >= 11 is 0. The first-order valence-electron chi connectivity index (χ1n) is 12.1. The highest BCUT2D eigenvalue weighted by atomic mass is 19.2. The molecular formula is C27H32F2N6O2. The SMILES string of the molecule is CCN(CC)CCCN(Cc1ccc(C(=O)Nc2ccccc2N)nc1)C(=O)Nc1ccc(F)c(F)c1. The normalized spacial score (nSPS) is 10.8. The monoisotopic (exact) mass is 510 g/mol. The van der Waals surface area contributed by atoms with Gasteiger partial charge in [0, 0.05) is 31.0 Å².